The van der Waals surface area contributed by atoms with Crippen molar-refractivity contribution in [2.24, 2.45) is 0 Å². The maximum absolute atomic E-state index is 12.3. The van der Waals surface area contributed by atoms with Gasteiger partial charge in [0.1, 0.15) is 5.65 Å². The number of nitrogens with zero attached hydrogens (tertiary/aromatic N) is 3. The zero-order chi connectivity index (χ0) is 15.6. The highest BCUT2D eigenvalue weighted by Gasteiger charge is 2.10. The molecule has 0 aliphatic rings. The highest BCUT2D eigenvalue weighted by atomic mass is 32.1. The molecule has 3 aromatic heterocycles. The van der Waals surface area contributed by atoms with E-state index in [1.807, 2.05) is 52.5 Å². The first-order valence-corrected chi connectivity index (χ1v) is 7.92. The molecule has 112 valence electrons. The number of imidazole rings is 1. The fourth-order valence-electron chi connectivity index (χ4n) is 2.33. The number of carbonyl (C=O) groups is 1. The number of benzene rings is 1. The molecule has 0 radical (unpaired) electrons. The molecule has 4 rings (SSSR count). The number of aromatic nitrogens is 3. The summed E-state index contributed by atoms with van der Waals surface area (Å²) in [6, 6.07) is 13.5. The Morgan fingerprint density at radius 3 is 2.83 bits per heavy atom. The third-order valence-electron chi connectivity index (χ3n) is 3.44. The second kappa shape index (κ2) is 5.66. The summed E-state index contributed by atoms with van der Waals surface area (Å²) in [6.45, 7) is 0. The molecule has 6 heteroatoms. The quantitative estimate of drug-likeness (QED) is 0.626. The van der Waals surface area contributed by atoms with Crippen LogP contribution in [0.2, 0.25) is 0 Å². The van der Waals surface area contributed by atoms with Gasteiger partial charge in [-0.15, -0.1) is 11.3 Å². The number of hydrogen-bond donors (Lipinski definition) is 1. The Balaban J connectivity index is 1.67. The van der Waals surface area contributed by atoms with E-state index in [0.717, 1.165) is 16.9 Å². The van der Waals surface area contributed by atoms with Crippen LogP contribution < -0.4 is 5.32 Å². The van der Waals surface area contributed by atoms with E-state index in [2.05, 4.69) is 15.3 Å². The fourth-order valence-corrected chi connectivity index (χ4v) is 2.85. The highest BCUT2D eigenvalue weighted by molar-refractivity contribution is 7.13. The van der Waals surface area contributed by atoms with Gasteiger partial charge in [0, 0.05) is 35.1 Å². The van der Waals surface area contributed by atoms with Gasteiger partial charge in [-0.1, -0.05) is 30.3 Å². The lowest BCUT2D eigenvalue weighted by Crippen LogP contribution is -2.11. The Labute approximate surface area is 136 Å². The van der Waals surface area contributed by atoms with Crippen molar-refractivity contribution in [3.05, 3.63) is 72.0 Å². The average molecular weight is 320 g/mol. The molecule has 5 nitrogen and oxygen atoms in total. The van der Waals surface area contributed by atoms with Crippen LogP contribution in [-0.2, 0) is 0 Å². The van der Waals surface area contributed by atoms with Crippen LogP contribution in [0.15, 0.2) is 66.4 Å². The minimum absolute atomic E-state index is 0.188. The van der Waals surface area contributed by atoms with Crippen LogP contribution >= 0.6 is 11.3 Å². The lowest BCUT2D eigenvalue weighted by molar-refractivity contribution is 0.102. The molecule has 0 aliphatic carbocycles. The largest absolute Gasteiger partial charge is 0.306 e. The Morgan fingerprint density at radius 1 is 1.17 bits per heavy atom. The number of fused-ring (bicyclic) bond motifs is 1. The van der Waals surface area contributed by atoms with Crippen molar-refractivity contribution >= 4 is 28.0 Å². The molecule has 0 fully saturated rings. The molecule has 0 aliphatic heterocycles. The van der Waals surface area contributed by atoms with E-state index in [-0.39, 0.29) is 5.91 Å². The van der Waals surface area contributed by atoms with Crippen LogP contribution in [0.1, 0.15) is 10.4 Å². The standard InChI is InChI=1S/C17H12N4OS/c22-16(20-17-18-7-9-23-17)13-6-8-21-11-14(19-15(21)10-13)12-4-2-1-3-5-12/h1-11H,(H,18,20,22). The normalized spacial score (nSPS) is 10.8. The summed E-state index contributed by atoms with van der Waals surface area (Å²) in [4.78, 5) is 20.9. The summed E-state index contributed by atoms with van der Waals surface area (Å²) in [6.07, 6.45) is 5.45. The SMILES string of the molecule is O=C(Nc1nccs1)c1ccn2cc(-c3ccccc3)nc2c1. The predicted octanol–water partition coefficient (Wildman–Crippen LogP) is 3.71. The summed E-state index contributed by atoms with van der Waals surface area (Å²) >= 11 is 1.39. The van der Waals surface area contributed by atoms with Crippen molar-refractivity contribution in [2.45, 2.75) is 0 Å². The fraction of sp³-hybridized carbons (Fsp3) is 0. The lowest BCUT2D eigenvalue weighted by atomic mass is 10.2. The molecule has 0 spiro atoms. The third-order valence-corrected chi connectivity index (χ3v) is 4.13. The van der Waals surface area contributed by atoms with Gasteiger partial charge in [-0.2, -0.15) is 0 Å². The maximum atomic E-state index is 12.3. The Kier molecular flexibility index (Phi) is 3.36. The van der Waals surface area contributed by atoms with Crippen molar-refractivity contribution in [3.8, 4) is 11.3 Å². The van der Waals surface area contributed by atoms with E-state index in [1.54, 1.807) is 18.3 Å². The molecule has 0 saturated carbocycles. The highest BCUT2D eigenvalue weighted by Crippen LogP contribution is 2.20. The minimum Gasteiger partial charge on any atom is -0.306 e. The summed E-state index contributed by atoms with van der Waals surface area (Å²) in [5, 5.41) is 5.18. The number of amides is 1. The second-order valence-electron chi connectivity index (χ2n) is 4.96. The smallest absolute Gasteiger partial charge is 0.257 e. The van der Waals surface area contributed by atoms with Gasteiger partial charge in [0.05, 0.1) is 5.69 Å². The molecule has 1 amide bonds. The number of rotatable bonds is 3. The Bertz CT molecular complexity index is 961. The van der Waals surface area contributed by atoms with Crippen molar-refractivity contribution in [1.82, 2.24) is 14.4 Å². The Morgan fingerprint density at radius 2 is 2.04 bits per heavy atom. The summed E-state index contributed by atoms with van der Waals surface area (Å²) in [7, 11) is 0. The van der Waals surface area contributed by atoms with Crippen molar-refractivity contribution in [1.29, 1.82) is 0 Å². The molecule has 3 heterocycles. The van der Waals surface area contributed by atoms with E-state index in [4.69, 9.17) is 0 Å². The summed E-state index contributed by atoms with van der Waals surface area (Å²) in [5.41, 5.74) is 3.21. The number of pyridine rings is 1. The molecular formula is C17H12N4OS. The van der Waals surface area contributed by atoms with Crippen molar-refractivity contribution in [3.63, 3.8) is 0 Å². The van der Waals surface area contributed by atoms with Gasteiger partial charge >= 0.3 is 0 Å². The minimum atomic E-state index is -0.188. The number of anilines is 1. The molecule has 1 N–H and O–H groups in total. The van der Waals surface area contributed by atoms with Gasteiger partial charge in [-0.05, 0) is 12.1 Å². The van der Waals surface area contributed by atoms with Gasteiger partial charge in [0.15, 0.2) is 5.13 Å². The average Bonchev–Trinajstić information content (AvgIpc) is 3.24. The second-order valence-corrected chi connectivity index (χ2v) is 5.86. The molecule has 0 atom stereocenters. The number of thiazole rings is 1. The van der Waals surface area contributed by atoms with Gasteiger partial charge in [-0.3, -0.25) is 10.1 Å². The third kappa shape index (κ3) is 2.72. The van der Waals surface area contributed by atoms with Crippen molar-refractivity contribution < 1.29 is 4.79 Å². The number of hydrogen-bond acceptors (Lipinski definition) is 4. The zero-order valence-electron chi connectivity index (χ0n) is 12.0. The molecule has 0 unspecified atom stereocenters. The van der Waals surface area contributed by atoms with Crippen LogP contribution in [0.5, 0.6) is 0 Å². The van der Waals surface area contributed by atoms with Gasteiger partial charge in [-0.25, -0.2) is 9.97 Å². The first-order chi connectivity index (χ1) is 11.3. The molecule has 0 saturated heterocycles. The topological polar surface area (TPSA) is 59.3 Å². The maximum Gasteiger partial charge on any atom is 0.257 e. The van der Waals surface area contributed by atoms with Crippen LogP contribution in [0.3, 0.4) is 0 Å². The van der Waals surface area contributed by atoms with Gasteiger partial charge in [0.2, 0.25) is 0 Å². The molecule has 1 aromatic carbocycles. The Hall–Kier alpha value is -2.99. The van der Waals surface area contributed by atoms with Gasteiger partial charge in [0.25, 0.3) is 5.91 Å². The predicted molar refractivity (Wildman–Crippen MR) is 90.7 cm³/mol. The zero-order valence-corrected chi connectivity index (χ0v) is 12.8. The molecule has 0 bridgehead atoms. The van der Waals surface area contributed by atoms with E-state index in [0.29, 0.717) is 10.7 Å². The van der Waals surface area contributed by atoms with Crippen LogP contribution in [0.25, 0.3) is 16.9 Å². The molecule has 23 heavy (non-hydrogen) atoms. The monoisotopic (exact) mass is 320 g/mol. The molecule has 4 aromatic rings. The van der Waals surface area contributed by atoms with Crippen LogP contribution in [0.4, 0.5) is 5.13 Å². The number of nitrogens with one attached hydrogen (secondary N) is 1. The lowest BCUT2D eigenvalue weighted by Gasteiger charge is -2.01. The van der Waals surface area contributed by atoms with E-state index < -0.39 is 0 Å². The molecular weight excluding hydrogens is 308 g/mol. The van der Waals surface area contributed by atoms with E-state index in [9.17, 15) is 4.79 Å². The first kappa shape index (κ1) is 13.7. The van der Waals surface area contributed by atoms with Crippen molar-refractivity contribution in [2.75, 3.05) is 5.32 Å². The van der Waals surface area contributed by atoms with Gasteiger partial charge < -0.3 is 4.40 Å². The van der Waals surface area contributed by atoms with Crippen LogP contribution in [0, 0.1) is 0 Å². The summed E-state index contributed by atoms with van der Waals surface area (Å²) in [5.74, 6) is -0.188. The van der Waals surface area contributed by atoms with Crippen LogP contribution in [-0.4, -0.2) is 20.3 Å². The number of carbonyl (C=O) groups excluding carboxylic acids is 1. The first-order valence-electron chi connectivity index (χ1n) is 7.05. The summed E-state index contributed by atoms with van der Waals surface area (Å²) < 4.78 is 1.91. The van der Waals surface area contributed by atoms with E-state index in [1.165, 1.54) is 11.3 Å². The van der Waals surface area contributed by atoms with E-state index >= 15 is 0 Å².